The average Bonchev–Trinajstić information content (AvgIpc) is 2.39. The smallest absolute Gasteiger partial charge is 0.159 e. The molecule has 0 aliphatic heterocycles. The van der Waals surface area contributed by atoms with Crippen LogP contribution in [-0.2, 0) is 6.42 Å². The minimum atomic E-state index is -0.832. The monoisotopic (exact) mass is 281 g/mol. The van der Waals surface area contributed by atoms with Gasteiger partial charge in [0.2, 0.25) is 0 Å². The van der Waals surface area contributed by atoms with Crippen molar-refractivity contribution in [3.05, 3.63) is 70.2 Å². The Hall–Kier alpha value is -1.45. The molecular weight excluding hydrogens is 268 g/mol. The van der Waals surface area contributed by atoms with E-state index in [0.29, 0.717) is 17.0 Å². The Morgan fingerprint density at radius 1 is 1.11 bits per heavy atom. The second-order valence-electron chi connectivity index (χ2n) is 4.35. The van der Waals surface area contributed by atoms with Crippen LogP contribution in [0.2, 0.25) is 5.02 Å². The number of hydrogen-bond donors (Lipinski definition) is 1. The number of halogens is 3. The van der Waals surface area contributed by atoms with Crippen LogP contribution in [-0.4, -0.2) is 7.05 Å². The molecule has 0 aromatic heterocycles. The van der Waals surface area contributed by atoms with Gasteiger partial charge < -0.3 is 5.32 Å². The molecule has 2 aromatic rings. The average molecular weight is 282 g/mol. The molecule has 4 heteroatoms. The van der Waals surface area contributed by atoms with Gasteiger partial charge in [0.1, 0.15) is 0 Å². The zero-order valence-electron chi connectivity index (χ0n) is 10.5. The first-order chi connectivity index (χ1) is 9.10. The Balaban J connectivity index is 2.22. The maximum absolute atomic E-state index is 13.3. The highest BCUT2D eigenvalue weighted by Gasteiger charge is 2.13. The van der Waals surface area contributed by atoms with Gasteiger partial charge in [-0.3, -0.25) is 0 Å². The van der Waals surface area contributed by atoms with Crippen LogP contribution in [0.3, 0.4) is 0 Å². The van der Waals surface area contributed by atoms with E-state index in [4.69, 9.17) is 11.6 Å². The van der Waals surface area contributed by atoms with E-state index in [0.717, 1.165) is 11.6 Å². The Labute approximate surface area is 116 Å². The molecule has 0 bridgehead atoms. The Morgan fingerprint density at radius 2 is 1.89 bits per heavy atom. The molecule has 2 rings (SSSR count). The van der Waals surface area contributed by atoms with Crippen LogP contribution in [0.15, 0.2) is 42.5 Å². The summed E-state index contributed by atoms with van der Waals surface area (Å²) < 4.78 is 26.2. The summed E-state index contributed by atoms with van der Waals surface area (Å²) in [5, 5.41) is 3.77. The molecule has 1 N–H and O–H groups in total. The summed E-state index contributed by atoms with van der Waals surface area (Å²) >= 11 is 5.93. The van der Waals surface area contributed by atoms with Crippen molar-refractivity contribution in [2.75, 3.05) is 7.05 Å². The SMILES string of the molecule is CNC(Cc1cccc(Cl)c1)c1ccc(F)c(F)c1. The molecule has 2 aromatic carbocycles. The van der Waals surface area contributed by atoms with Crippen molar-refractivity contribution in [1.82, 2.24) is 5.32 Å². The molecule has 19 heavy (non-hydrogen) atoms. The molecule has 0 heterocycles. The summed E-state index contributed by atoms with van der Waals surface area (Å²) in [6.45, 7) is 0. The van der Waals surface area contributed by atoms with Crippen molar-refractivity contribution < 1.29 is 8.78 Å². The van der Waals surface area contributed by atoms with E-state index >= 15 is 0 Å². The molecule has 0 saturated heterocycles. The number of hydrogen-bond acceptors (Lipinski definition) is 1. The predicted molar refractivity (Wildman–Crippen MR) is 73.3 cm³/mol. The van der Waals surface area contributed by atoms with E-state index in [1.54, 1.807) is 19.2 Å². The van der Waals surface area contributed by atoms with Crippen molar-refractivity contribution in [2.45, 2.75) is 12.5 Å². The summed E-state index contributed by atoms with van der Waals surface area (Å²) in [4.78, 5) is 0. The van der Waals surface area contributed by atoms with Gasteiger partial charge >= 0.3 is 0 Å². The number of rotatable bonds is 4. The fraction of sp³-hybridized carbons (Fsp3) is 0.200. The molecule has 0 saturated carbocycles. The summed E-state index contributed by atoms with van der Waals surface area (Å²) in [7, 11) is 1.79. The van der Waals surface area contributed by atoms with Gasteiger partial charge in [-0.25, -0.2) is 8.78 Å². The van der Waals surface area contributed by atoms with Gasteiger partial charge in [-0.1, -0.05) is 29.8 Å². The van der Waals surface area contributed by atoms with E-state index < -0.39 is 11.6 Å². The molecule has 0 spiro atoms. The third-order valence-corrected chi connectivity index (χ3v) is 3.26. The fourth-order valence-corrected chi connectivity index (χ4v) is 2.23. The predicted octanol–water partition coefficient (Wildman–Crippen LogP) is 4.12. The van der Waals surface area contributed by atoms with Gasteiger partial charge in [0.05, 0.1) is 0 Å². The van der Waals surface area contributed by atoms with E-state index in [-0.39, 0.29) is 6.04 Å². The van der Waals surface area contributed by atoms with E-state index in [9.17, 15) is 8.78 Å². The highest BCUT2D eigenvalue weighted by Crippen LogP contribution is 2.21. The minimum absolute atomic E-state index is 0.0893. The summed E-state index contributed by atoms with van der Waals surface area (Å²) in [5.74, 6) is -1.66. The van der Waals surface area contributed by atoms with Crippen LogP contribution in [0.25, 0.3) is 0 Å². The normalized spacial score (nSPS) is 12.4. The largest absolute Gasteiger partial charge is 0.313 e. The van der Waals surface area contributed by atoms with Gasteiger partial charge in [0.25, 0.3) is 0 Å². The Kier molecular flexibility index (Phi) is 4.51. The molecule has 1 nitrogen and oxygen atoms in total. The first-order valence-corrected chi connectivity index (χ1v) is 6.34. The van der Waals surface area contributed by atoms with Gasteiger partial charge in [0.15, 0.2) is 11.6 Å². The zero-order valence-corrected chi connectivity index (χ0v) is 11.2. The lowest BCUT2D eigenvalue weighted by Crippen LogP contribution is -2.19. The van der Waals surface area contributed by atoms with E-state index in [2.05, 4.69) is 5.32 Å². The van der Waals surface area contributed by atoms with Crippen LogP contribution in [0.1, 0.15) is 17.2 Å². The quantitative estimate of drug-likeness (QED) is 0.889. The molecule has 0 radical (unpaired) electrons. The first kappa shape index (κ1) is 14.0. The second-order valence-corrected chi connectivity index (χ2v) is 4.79. The standard InChI is InChI=1S/C15H14ClF2N/c1-19-15(8-10-3-2-4-12(16)7-10)11-5-6-13(17)14(18)9-11/h2-7,9,15,19H,8H2,1H3. The number of likely N-dealkylation sites (N-methyl/N-ethyl adjacent to an activating group) is 1. The van der Waals surface area contributed by atoms with Crippen molar-refractivity contribution in [3.63, 3.8) is 0 Å². The third-order valence-electron chi connectivity index (χ3n) is 3.02. The summed E-state index contributed by atoms with van der Waals surface area (Å²) in [5.41, 5.74) is 1.75. The molecule has 0 amide bonds. The molecule has 0 fully saturated rings. The van der Waals surface area contributed by atoms with Crippen molar-refractivity contribution in [1.29, 1.82) is 0 Å². The maximum atomic E-state index is 13.3. The van der Waals surface area contributed by atoms with Crippen LogP contribution in [0, 0.1) is 11.6 Å². The van der Waals surface area contributed by atoms with E-state index in [1.165, 1.54) is 6.07 Å². The molecule has 1 atom stereocenters. The third kappa shape index (κ3) is 3.52. The van der Waals surface area contributed by atoms with Crippen LogP contribution in [0.4, 0.5) is 8.78 Å². The summed E-state index contributed by atoms with van der Waals surface area (Å²) in [6.07, 6.45) is 0.655. The lowest BCUT2D eigenvalue weighted by molar-refractivity contribution is 0.501. The molecule has 0 aliphatic carbocycles. The van der Waals surface area contributed by atoms with Gasteiger partial charge in [-0.05, 0) is 48.9 Å². The lowest BCUT2D eigenvalue weighted by Gasteiger charge is -2.17. The summed E-state index contributed by atoms with van der Waals surface area (Å²) in [6, 6.07) is 11.4. The topological polar surface area (TPSA) is 12.0 Å². The maximum Gasteiger partial charge on any atom is 0.159 e. The Morgan fingerprint density at radius 3 is 2.53 bits per heavy atom. The second kappa shape index (κ2) is 6.13. The zero-order chi connectivity index (χ0) is 13.8. The molecular formula is C15H14ClF2N. The minimum Gasteiger partial charge on any atom is -0.313 e. The first-order valence-electron chi connectivity index (χ1n) is 5.97. The van der Waals surface area contributed by atoms with Crippen LogP contribution in [0.5, 0.6) is 0 Å². The highest BCUT2D eigenvalue weighted by atomic mass is 35.5. The highest BCUT2D eigenvalue weighted by molar-refractivity contribution is 6.30. The van der Waals surface area contributed by atoms with Crippen molar-refractivity contribution in [3.8, 4) is 0 Å². The number of nitrogens with one attached hydrogen (secondary N) is 1. The van der Waals surface area contributed by atoms with Crippen LogP contribution >= 0.6 is 11.6 Å². The molecule has 100 valence electrons. The van der Waals surface area contributed by atoms with Gasteiger partial charge in [-0.15, -0.1) is 0 Å². The molecule has 0 aliphatic rings. The lowest BCUT2D eigenvalue weighted by atomic mass is 9.99. The van der Waals surface area contributed by atoms with Gasteiger partial charge in [-0.2, -0.15) is 0 Å². The van der Waals surface area contributed by atoms with E-state index in [1.807, 2.05) is 18.2 Å². The Bertz CT molecular complexity index is 572. The van der Waals surface area contributed by atoms with Crippen molar-refractivity contribution in [2.24, 2.45) is 0 Å². The van der Waals surface area contributed by atoms with Crippen LogP contribution < -0.4 is 5.32 Å². The molecule has 1 unspecified atom stereocenters. The number of benzene rings is 2. The van der Waals surface area contributed by atoms with Crippen molar-refractivity contribution >= 4 is 11.6 Å². The van der Waals surface area contributed by atoms with Gasteiger partial charge in [0, 0.05) is 11.1 Å². The fourth-order valence-electron chi connectivity index (χ4n) is 2.02.